The Bertz CT molecular complexity index is 444. The minimum absolute atomic E-state index is 0.0728. The zero-order valence-corrected chi connectivity index (χ0v) is 10.8. The minimum atomic E-state index is -0.907. The van der Waals surface area contributed by atoms with Gasteiger partial charge in [-0.3, -0.25) is 9.59 Å². The Morgan fingerprint density at radius 1 is 1.37 bits per heavy atom. The molecule has 0 heterocycles. The number of aliphatic carboxylic acids is 1. The lowest BCUT2D eigenvalue weighted by Crippen LogP contribution is -2.40. The Kier molecular flexibility index (Phi) is 5.98. The number of benzene rings is 1. The molecule has 1 rings (SSSR count). The molecular formula is C13H18N2O4. The second kappa shape index (κ2) is 7.50. The molecule has 0 saturated carbocycles. The topological polar surface area (TPSA) is 102 Å². The van der Waals surface area contributed by atoms with Crippen molar-refractivity contribution in [1.29, 1.82) is 0 Å². The molecule has 0 aliphatic heterocycles. The summed E-state index contributed by atoms with van der Waals surface area (Å²) in [6.07, 6.45) is -0.761. The summed E-state index contributed by atoms with van der Waals surface area (Å²) < 4.78 is 4.91. The first kappa shape index (κ1) is 15.1. The van der Waals surface area contributed by atoms with Crippen LogP contribution in [0.25, 0.3) is 0 Å². The van der Waals surface area contributed by atoms with Gasteiger partial charge in [0.25, 0.3) is 5.91 Å². The van der Waals surface area contributed by atoms with E-state index in [-0.39, 0.29) is 25.4 Å². The fourth-order valence-corrected chi connectivity index (χ4v) is 1.67. The Morgan fingerprint density at radius 2 is 2.00 bits per heavy atom. The monoisotopic (exact) mass is 266 g/mol. The number of rotatable bonds is 7. The molecule has 6 nitrogen and oxygen atoms in total. The van der Waals surface area contributed by atoms with E-state index in [1.54, 1.807) is 24.3 Å². The van der Waals surface area contributed by atoms with Crippen LogP contribution >= 0.6 is 0 Å². The van der Waals surface area contributed by atoms with Gasteiger partial charge in [0.15, 0.2) is 0 Å². The van der Waals surface area contributed by atoms with Gasteiger partial charge in [-0.15, -0.1) is 0 Å². The number of ether oxygens (including phenoxy) is 1. The number of nitrogens with two attached hydrogens (primary N) is 1. The standard InChI is InChI=1S/C13H18N2O4/c1-19-11(7-14)13(18)15-8-10-5-3-2-4-9(10)6-12(16)17/h2-5,11H,6-8,14H2,1H3,(H,15,18)(H,16,17). The van der Waals surface area contributed by atoms with Crippen molar-refractivity contribution < 1.29 is 19.4 Å². The van der Waals surface area contributed by atoms with E-state index in [1.807, 2.05) is 0 Å². The fraction of sp³-hybridized carbons (Fsp3) is 0.385. The Labute approximate surface area is 111 Å². The lowest BCUT2D eigenvalue weighted by Gasteiger charge is -2.14. The third-order valence-corrected chi connectivity index (χ3v) is 2.70. The molecule has 0 aliphatic rings. The molecule has 19 heavy (non-hydrogen) atoms. The molecule has 1 aromatic rings. The summed E-state index contributed by atoms with van der Waals surface area (Å²) in [5.74, 6) is -1.22. The van der Waals surface area contributed by atoms with Gasteiger partial charge in [-0.2, -0.15) is 0 Å². The minimum Gasteiger partial charge on any atom is -0.481 e. The second-order valence-electron chi connectivity index (χ2n) is 4.02. The summed E-state index contributed by atoms with van der Waals surface area (Å²) in [6.45, 7) is 0.348. The zero-order chi connectivity index (χ0) is 14.3. The van der Waals surface area contributed by atoms with E-state index in [4.69, 9.17) is 15.6 Å². The first-order valence-electron chi connectivity index (χ1n) is 5.87. The molecule has 0 aromatic heterocycles. The summed E-state index contributed by atoms with van der Waals surface area (Å²) >= 11 is 0. The number of hydrogen-bond donors (Lipinski definition) is 3. The molecule has 0 saturated heterocycles. The van der Waals surface area contributed by atoms with Gasteiger partial charge in [0, 0.05) is 20.2 Å². The number of carbonyl (C=O) groups is 2. The van der Waals surface area contributed by atoms with Crippen LogP contribution in [-0.4, -0.2) is 36.7 Å². The van der Waals surface area contributed by atoms with Gasteiger partial charge in [0.2, 0.25) is 0 Å². The average molecular weight is 266 g/mol. The van der Waals surface area contributed by atoms with E-state index < -0.39 is 12.1 Å². The number of carbonyl (C=O) groups excluding carboxylic acids is 1. The average Bonchev–Trinajstić information content (AvgIpc) is 2.38. The highest BCUT2D eigenvalue weighted by Gasteiger charge is 2.15. The van der Waals surface area contributed by atoms with Gasteiger partial charge in [-0.25, -0.2) is 0 Å². The molecule has 0 radical (unpaired) electrons. The zero-order valence-electron chi connectivity index (χ0n) is 10.8. The van der Waals surface area contributed by atoms with Crippen LogP contribution in [0.1, 0.15) is 11.1 Å². The van der Waals surface area contributed by atoms with Crippen LogP contribution < -0.4 is 11.1 Å². The molecule has 0 bridgehead atoms. The van der Waals surface area contributed by atoms with Crippen molar-refractivity contribution in [3.8, 4) is 0 Å². The van der Waals surface area contributed by atoms with Crippen LogP contribution in [0, 0.1) is 0 Å². The van der Waals surface area contributed by atoms with E-state index in [0.29, 0.717) is 5.56 Å². The van der Waals surface area contributed by atoms with E-state index in [9.17, 15) is 9.59 Å². The fourth-order valence-electron chi connectivity index (χ4n) is 1.67. The van der Waals surface area contributed by atoms with Crippen LogP contribution in [0.15, 0.2) is 24.3 Å². The van der Waals surface area contributed by atoms with E-state index in [1.165, 1.54) is 7.11 Å². The molecule has 0 aliphatic carbocycles. The van der Waals surface area contributed by atoms with Crippen LogP contribution in [0.4, 0.5) is 0 Å². The smallest absolute Gasteiger partial charge is 0.307 e. The van der Waals surface area contributed by atoms with E-state index in [2.05, 4.69) is 5.32 Å². The van der Waals surface area contributed by atoms with Gasteiger partial charge in [0.05, 0.1) is 6.42 Å². The maximum atomic E-state index is 11.7. The normalized spacial score (nSPS) is 11.9. The van der Waals surface area contributed by atoms with Crippen molar-refractivity contribution in [1.82, 2.24) is 5.32 Å². The lowest BCUT2D eigenvalue weighted by molar-refractivity contribution is -0.136. The molecule has 1 unspecified atom stereocenters. The summed E-state index contributed by atoms with van der Waals surface area (Å²) in [5.41, 5.74) is 6.83. The molecule has 6 heteroatoms. The molecule has 0 spiro atoms. The summed E-state index contributed by atoms with van der Waals surface area (Å²) in [5, 5.41) is 11.5. The Hall–Kier alpha value is -1.92. The summed E-state index contributed by atoms with van der Waals surface area (Å²) in [6, 6.07) is 7.07. The molecule has 1 aromatic carbocycles. The molecule has 1 amide bonds. The SMILES string of the molecule is COC(CN)C(=O)NCc1ccccc1CC(=O)O. The molecule has 104 valence electrons. The number of carboxylic acids is 1. The van der Waals surface area contributed by atoms with Crippen LogP contribution in [0.5, 0.6) is 0 Å². The number of hydrogen-bond acceptors (Lipinski definition) is 4. The second-order valence-corrected chi connectivity index (χ2v) is 4.02. The summed E-state index contributed by atoms with van der Waals surface area (Å²) in [4.78, 5) is 22.4. The van der Waals surface area contributed by atoms with Crippen molar-refractivity contribution in [2.75, 3.05) is 13.7 Å². The summed E-state index contributed by atoms with van der Waals surface area (Å²) in [7, 11) is 1.41. The van der Waals surface area contributed by atoms with Crippen molar-refractivity contribution in [3.63, 3.8) is 0 Å². The van der Waals surface area contributed by atoms with Crippen molar-refractivity contribution >= 4 is 11.9 Å². The van der Waals surface area contributed by atoms with Crippen LogP contribution in [-0.2, 0) is 27.3 Å². The van der Waals surface area contributed by atoms with Crippen LogP contribution in [0.2, 0.25) is 0 Å². The molecule has 1 atom stereocenters. The predicted octanol–water partition coefficient (Wildman–Crippen LogP) is -0.0964. The lowest BCUT2D eigenvalue weighted by atomic mass is 10.0. The quantitative estimate of drug-likeness (QED) is 0.640. The van der Waals surface area contributed by atoms with Crippen LogP contribution in [0.3, 0.4) is 0 Å². The third-order valence-electron chi connectivity index (χ3n) is 2.70. The number of carboxylic acid groups (broad SMARTS) is 1. The first-order valence-corrected chi connectivity index (χ1v) is 5.87. The van der Waals surface area contributed by atoms with Gasteiger partial charge in [-0.05, 0) is 11.1 Å². The van der Waals surface area contributed by atoms with E-state index >= 15 is 0 Å². The Morgan fingerprint density at radius 3 is 2.53 bits per heavy atom. The van der Waals surface area contributed by atoms with Crippen molar-refractivity contribution in [2.45, 2.75) is 19.1 Å². The highest BCUT2D eigenvalue weighted by molar-refractivity contribution is 5.81. The van der Waals surface area contributed by atoms with Crippen molar-refractivity contribution in [3.05, 3.63) is 35.4 Å². The molecule has 4 N–H and O–H groups in total. The van der Waals surface area contributed by atoms with Gasteiger partial charge < -0.3 is 20.9 Å². The van der Waals surface area contributed by atoms with Gasteiger partial charge in [-0.1, -0.05) is 24.3 Å². The maximum absolute atomic E-state index is 11.7. The largest absolute Gasteiger partial charge is 0.481 e. The first-order chi connectivity index (χ1) is 9.08. The number of nitrogens with one attached hydrogen (secondary N) is 1. The molecule has 0 fully saturated rings. The highest BCUT2D eigenvalue weighted by Crippen LogP contribution is 2.09. The molecular weight excluding hydrogens is 248 g/mol. The van der Waals surface area contributed by atoms with Gasteiger partial charge in [0.1, 0.15) is 6.10 Å². The van der Waals surface area contributed by atoms with Gasteiger partial charge >= 0.3 is 5.97 Å². The number of methoxy groups -OCH3 is 1. The Balaban J connectivity index is 2.67. The highest BCUT2D eigenvalue weighted by atomic mass is 16.5. The number of amides is 1. The third kappa shape index (κ3) is 4.69. The van der Waals surface area contributed by atoms with E-state index in [0.717, 1.165) is 5.56 Å². The predicted molar refractivity (Wildman–Crippen MR) is 69.5 cm³/mol. The maximum Gasteiger partial charge on any atom is 0.307 e. The van der Waals surface area contributed by atoms with Crippen molar-refractivity contribution in [2.24, 2.45) is 5.73 Å².